The Labute approximate surface area is 81.4 Å². The van der Waals surface area contributed by atoms with Crippen molar-refractivity contribution in [1.82, 2.24) is 0 Å². The maximum atomic E-state index is 11.0. The lowest BCUT2D eigenvalue weighted by Crippen LogP contribution is -2.33. The Kier molecular flexibility index (Phi) is 1.90. The highest BCUT2D eigenvalue weighted by atomic mass is 79.9. The van der Waals surface area contributed by atoms with Crippen molar-refractivity contribution in [2.75, 3.05) is 5.33 Å². The molecule has 4 atom stereocenters. The SMILES string of the molecule is CC1(C=O)C2C=CC(C2)C1CBr. The highest BCUT2D eigenvalue weighted by Gasteiger charge is 2.52. The molecule has 0 aromatic carbocycles. The molecule has 2 aliphatic rings. The Hall–Kier alpha value is -0.110. The summed E-state index contributed by atoms with van der Waals surface area (Å²) in [6.07, 6.45) is 6.85. The molecule has 2 bridgehead atoms. The molecule has 2 heteroatoms. The van der Waals surface area contributed by atoms with Gasteiger partial charge in [-0.1, -0.05) is 35.0 Å². The number of carbonyl (C=O) groups is 1. The minimum Gasteiger partial charge on any atom is -0.303 e. The van der Waals surface area contributed by atoms with Gasteiger partial charge in [-0.05, 0) is 24.2 Å². The van der Waals surface area contributed by atoms with Crippen molar-refractivity contribution >= 4 is 22.2 Å². The summed E-state index contributed by atoms with van der Waals surface area (Å²) in [5.41, 5.74) is -0.0943. The van der Waals surface area contributed by atoms with Crippen molar-refractivity contribution in [2.45, 2.75) is 13.3 Å². The Morgan fingerprint density at radius 2 is 2.42 bits per heavy atom. The van der Waals surface area contributed by atoms with Crippen LogP contribution in [0.4, 0.5) is 0 Å². The van der Waals surface area contributed by atoms with E-state index >= 15 is 0 Å². The second-order valence-corrected chi connectivity index (χ2v) is 4.78. The fraction of sp³-hybridized carbons (Fsp3) is 0.700. The van der Waals surface area contributed by atoms with Crippen LogP contribution in [0.1, 0.15) is 13.3 Å². The predicted molar refractivity (Wildman–Crippen MR) is 52.2 cm³/mol. The van der Waals surface area contributed by atoms with Crippen LogP contribution in [0, 0.1) is 23.2 Å². The molecular weight excluding hydrogens is 216 g/mol. The first-order chi connectivity index (χ1) is 5.72. The zero-order valence-corrected chi connectivity index (χ0v) is 8.75. The van der Waals surface area contributed by atoms with Crippen molar-refractivity contribution in [3.8, 4) is 0 Å². The number of rotatable bonds is 2. The number of carbonyl (C=O) groups excluding carboxylic acids is 1. The van der Waals surface area contributed by atoms with Gasteiger partial charge in [-0.3, -0.25) is 0 Å². The first-order valence-corrected chi connectivity index (χ1v) is 5.55. The molecule has 66 valence electrons. The molecule has 0 N–H and O–H groups in total. The number of halogens is 1. The number of hydrogen-bond acceptors (Lipinski definition) is 1. The lowest BCUT2D eigenvalue weighted by atomic mass is 9.72. The number of fused-ring (bicyclic) bond motifs is 2. The predicted octanol–water partition coefficient (Wildman–Crippen LogP) is 2.41. The van der Waals surface area contributed by atoms with Crippen molar-refractivity contribution in [2.24, 2.45) is 23.2 Å². The summed E-state index contributed by atoms with van der Waals surface area (Å²) in [6.45, 7) is 2.10. The molecule has 2 aliphatic carbocycles. The Bertz CT molecular complexity index is 236. The zero-order valence-electron chi connectivity index (χ0n) is 7.16. The third-order valence-electron chi connectivity index (χ3n) is 3.65. The number of allylic oxidation sites excluding steroid dienone is 2. The Balaban J connectivity index is 2.34. The van der Waals surface area contributed by atoms with Crippen LogP contribution in [-0.4, -0.2) is 11.6 Å². The molecular formula is C10H13BrO. The van der Waals surface area contributed by atoms with E-state index in [0.717, 1.165) is 11.6 Å². The number of hydrogen-bond donors (Lipinski definition) is 0. The maximum Gasteiger partial charge on any atom is 0.126 e. The van der Waals surface area contributed by atoms with Crippen LogP contribution in [0.15, 0.2) is 12.2 Å². The molecule has 0 aliphatic heterocycles. The topological polar surface area (TPSA) is 17.1 Å². The summed E-state index contributed by atoms with van der Waals surface area (Å²) >= 11 is 3.50. The minimum atomic E-state index is -0.0943. The Morgan fingerprint density at radius 1 is 1.67 bits per heavy atom. The summed E-state index contributed by atoms with van der Waals surface area (Å²) < 4.78 is 0. The molecule has 0 aromatic heterocycles. The summed E-state index contributed by atoms with van der Waals surface area (Å²) in [5.74, 6) is 1.66. The normalized spacial score (nSPS) is 50.0. The van der Waals surface area contributed by atoms with Gasteiger partial charge in [0.15, 0.2) is 0 Å². The van der Waals surface area contributed by atoms with Crippen LogP contribution in [-0.2, 0) is 4.79 Å². The lowest BCUT2D eigenvalue weighted by molar-refractivity contribution is -0.118. The van der Waals surface area contributed by atoms with Gasteiger partial charge in [0.2, 0.25) is 0 Å². The van der Waals surface area contributed by atoms with Gasteiger partial charge in [0, 0.05) is 10.7 Å². The van der Waals surface area contributed by atoms with E-state index in [4.69, 9.17) is 0 Å². The molecule has 0 amide bonds. The molecule has 0 spiro atoms. The van der Waals surface area contributed by atoms with Crippen LogP contribution in [0.2, 0.25) is 0 Å². The molecule has 0 saturated heterocycles. The molecule has 4 unspecified atom stereocenters. The number of alkyl halides is 1. The summed E-state index contributed by atoms with van der Waals surface area (Å²) in [4.78, 5) is 11.0. The lowest BCUT2D eigenvalue weighted by Gasteiger charge is -2.32. The van der Waals surface area contributed by atoms with Gasteiger partial charge in [-0.25, -0.2) is 0 Å². The van der Waals surface area contributed by atoms with E-state index in [9.17, 15) is 4.79 Å². The van der Waals surface area contributed by atoms with Crippen LogP contribution in [0.3, 0.4) is 0 Å². The average Bonchev–Trinajstić information content (AvgIpc) is 2.63. The van der Waals surface area contributed by atoms with E-state index in [1.165, 1.54) is 6.42 Å². The minimum absolute atomic E-state index is 0.0943. The van der Waals surface area contributed by atoms with E-state index in [2.05, 4.69) is 35.0 Å². The van der Waals surface area contributed by atoms with E-state index in [-0.39, 0.29) is 5.41 Å². The van der Waals surface area contributed by atoms with Crippen LogP contribution >= 0.6 is 15.9 Å². The first-order valence-electron chi connectivity index (χ1n) is 4.43. The standard InChI is InChI=1S/C10H13BrO/c1-10(6-12)8-3-2-7(4-8)9(10)5-11/h2-3,6-9H,4-5H2,1H3. The molecule has 0 radical (unpaired) electrons. The molecule has 1 saturated carbocycles. The molecule has 0 heterocycles. The molecule has 1 fully saturated rings. The average molecular weight is 229 g/mol. The molecule has 2 rings (SSSR count). The van der Waals surface area contributed by atoms with Gasteiger partial charge >= 0.3 is 0 Å². The summed E-state index contributed by atoms with van der Waals surface area (Å²) in [6, 6.07) is 0. The van der Waals surface area contributed by atoms with Crippen molar-refractivity contribution < 1.29 is 4.79 Å². The molecule has 1 nitrogen and oxygen atoms in total. The summed E-state index contributed by atoms with van der Waals surface area (Å²) in [7, 11) is 0. The second-order valence-electron chi connectivity index (χ2n) is 4.14. The maximum absolute atomic E-state index is 11.0. The van der Waals surface area contributed by atoms with Gasteiger partial charge in [-0.15, -0.1) is 0 Å². The van der Waals surface area contributed by atoms with Gasteiger partial charge < -0.3 is 4.79 Å². The first kappa shape index (κ1) is 8.49. The van der Waals surface area contributed by atoms with E-state index in [0.29, 0.717) is 17.8 Å². The van der Waals surface area contributed by atoms with E-state index in [1.54, 1.807) is 0 Å². The van der Waals surface area contributed by atoms with Crippen LogP contribution < -0.4 is 0 Å². The van der Waals surface area contributed by atoms with Gasteiger partial charge in [0.05, 0.1) is 0 Å². The van der Waals surface area contributed by atoms with Crippen LogP contribution in [0.5, 0.6) is 0 Å². The highest BCUT2D eigenvalue weighted by Crippen LogP contribution is 2.55. The monoisotopic (exact) mass is 228 g/mol. The van der Waals surface area contributed by atoms with Crippen molar-refractivity contribution in [3.63, 3.8) is 0 Å². The number of aldehydes is 1. The van der Waals surface area contributed by atoms with Gasteiger partial charge in [0.25, 0.3) is 0 Å². The zero-order chi connectivity index (χ0) is 8.77. The fourth-order valence-corrected chi connectivity index (χ4v) is 3.86. The van der Waals surface area contributed by atoms with E-state index < -0.39 is 0 Å². The van der Waals surface area contributed by atoms with Gasteiger partial charge in [0.1, 0.15) is 6.29 Å². The third-order valence-corrected chi connectivity index (χ3v) is 4.35. The van der Waals surface area contributed by atoms with Crippen molar-refractivity contribution in [3.05, 3.63) is 12.2 Å². The van der Waals surface area contributed by atoms with Gasteiger partial charge in [-0.2, -0.15) is 0 Å². The Morgan fingerprint density at radius 3 is 2.92 bits per heavy atom. The molecule has 0 aromatic rings. The fourth-order valence-electron chi connectivity index (χ4n) is 2.68. The molecule has 12 heavy (non-hydrogen) atoms. The largest absolute Gasteiger partial charge is 0.303 e. The van der Waals surface area contributed by atoms with Crippen LogP contribution in [0.25, 0.3) is 0 Å². The quantitative estimate of drug-likeness (QED) is 0.403. The van der Waals surface area contributed by atoms with Crippen molar-refractivity contribution in [1.29, 1.82) is 0 Å². The second kappa shape index (κ2) is 2.69. The highest BCUT2D eigenvalue weighted by molar-refractivity contribution is 9.09. The van der Waals surface area contributed by atoms with E-state index in [1.807, 2.05) is 0 Å². The smallest absolute Gasteiger partial charge is 0.126 e. The third kappa shape index (κ3) is 0.875. The summed E-state index contributed by atoms with van der Waals surface area (Å²) in [5, 5.41) is 0.952.